The lowest BCUT2D eigenvalue weighted by Crippen LogP contribution is -2.20. The second-order valence-corrected chi connectivity index (χ2v) is 19.3. The van der Waals surface area contributed by atoms with Crippen LogP contribution in [-0.4, -0.2) is 62.8 Å². The van der Waals surface area contributed by atoms with E-state index in [-0.39, 0.29) is 24.0 Å². The molecule has 0 heterocycles. The number of rotatable bonds is 41. The maximum absolute atomic E-state index is 12.6. The first kappa shape index (κ1) is 56.1. The van der Waals surface area contributed by atoms with Gasteiger partial charge in [0.25, 0.3) is 0 Å². The van der Waals surface area contributed by atoms with Gasteiger partial charge in [-0.15, -0.1) is 0 Å². The Morgan fingerprint density at radius 3 is 1.36 bits per heavy atom. The van der Waals surface area contributed by atoms with Gasteiger partial charge < -0.3 is 19.1 Å². The van der Waals surface area contributed by atoms with Crippen molar-refractivity contribution in [1.29, 1.82) is 0 Å². The summed E-state index contributed by atoms with van der Waals surface area (Å²) in [5.41, 5.74) is 1.25. The smallest absolute Gasteiger partial charge is 0.306 e. The van der Waals surface area contributed by atoms with Crippen LogP contribution in [0.5, 0.6) is 0 Å². The van der Waals surface area contributed by atoms with E-state index in [1.807, 2.05) is 14.1 Å². The van der Waals surface area contributed by atoms with Crippen LogP contribution in [0.25, 0.3) is 0 Å². The molecule has 0 fully saturated rings. The largest absolute Gasteiger partial charge is 0.466 e. The molecule has 0 aliphatic carbocycles. The molecule has 0 aromatic rings. The topological polar surface area (TPSA) is 82.1 Å². The van der Waals surface area contributed by atoms with Crippen LogP contribution in [0.3, 0.4) is 0 Å². The van der Waals surface area contributed by atoms with E-state index in [4.69, 9.17) is 14.2 Å². The number of hydrogen-bond donors (Lipinski definition) is 0. The molecule has 0 saturated carbocycles. The van der Waals surface area contributed by atoms with E-state index in [0.717, 1.165) is 128 Å². The molecule has 0 N–H and O–H groups in total. The highest BCUT2D eigenvalue weighted by atomic mass is 16.5. The van der Waals surface area contributed by atoms with Crippen LogP contribution in [-0.2, 0) is 28.6 Å². The molecule has 0 amide bonds. The highest BCUT2D eigenvalue weighted by Gasteiger charge is 2.16. The highest BCUT2D eigenvalue weighted by molar-refractivity contribution is 5.70. The predicted molar refractivity (Wildman–Crippen MR) is 246 cm³/mol. The normalized spacial score (nSPS) is 13.3. The van der Waals surface area contributed by atoms with Crippen molar-refractivity contribution in [2.75, 3.05) is 33.9 Å². The van der Waals surface area contributed by atoms with Gasteiger partial charge >= 0.3 is 17.9 Å². The Kier molecular flexibility index (Phi) is 36.8. The van der Waals surface area contributed by atoms with Gasteiger partial charge in [-0.1, -0.05) is 131 Å². The summed E-state index contributed by atoms with van der Waals surface area (Å²) in [5.74, 6) is 3.25. The van der Waals surface area contributed by atoms with Crippen molar-refractivity contribution in [3.05, 3.63) is 12.2 Å². The molecule has 7 heteroatoms. The number of carbonyl (C=O) groups excluding carboxylic acids is 3. The Morgan fingerprint density at radius 2 is 0.914 bits per heavy atom. The number of allylic oxidation sites excluding steroid dienone is 1. The van der Waals surface area contributed by atoms with Gasteiger partial charge in [-0.2, -0.15) is 0 Å². The molecule has 0 aliphatic rings. The summed E-state index contributed by atoms with van der Waals surface area (Å²) in [5, 5.41) is 0. The van der Waals surface area contributed by atoms with Gasteiger partial charge in [-0.3, -0.25) is 14.4 Å². The number of ether oxygens (including phenoxy) is 3. The zero-order valence-electron chi connectivity index (χ0n) is 40.0. The van der Waals surface area contributed by atoms with Crippen LogP contribution in [0.15, 0.2) is 12.2 Å². The average Bonchev–Trinajstić information content (AvgIpc) is 3.14. The molecule has 0 aromatic heterocycles. The third-order valence-corrected chi connectivity index (χ3v) is 11.9. The Hall–Kier alpha value is -1.89. The summed E-state index contributed by atoms with van der Waals surface area (Å²) in [6.45, 7) is 22.0. The number of unbranched alkanes of at least 4 members (excludes halogenated alkanes) is 12. The van der Waals surface area contributed by atoms with Gasteiger partial charge in [0.15, 0.2) is 0 Å². The summed E-state index contributed by atoms with van der Waals surface area (Å²) in [6.07, 6.45) is 28.8. The van der Waals surface area contributed by atoms with Crippen molar-refractivity contribution in [1.82, 2.24) is 4.90 Å². The van der Waals surface area contributed by atoms with Crippen LogP contribution in [0.1, 0.15) is 228 Å². The Bertz CT molecular complexity index is 1010. The van der Waals surface area contributed by atoms with Gasteiger partial charge in [0, 0.05) is 19.3 Å². The van der Waals surface area contributed by atoms with Crippen LogP contribution < -0.4 is 0 Å². The first-order valence-electron chi connectivity index (χ1n) is 24.5. The third-order valence-electron chi connectivity index (χ3n) is 11.9. The second kappa shape index (κ2) is 38.1. The van der Waals surface area contributed by atoms with Crippen molar-refractivity contribution in [2.45, 2.75) is 234 Å². The first-order chi connectivity index (χ1) is 27.7. The molecule has 0 radical (unpaired) electrons. The molecule has 0 bridgehead atoms. The number of nitrogens with zero attached hydrogens (tertiary/aromatic N) is 1. The molecule has 58 heavy (non-hydrogen) atoms. The Balaban J connectivity index is 4.15. The van der Waals surface area contributed by atoms with E-state index in [1.54, 1.807) is 0 Å². The monoisotopic (exact) mass is 820 g/mol. The van der Waals surface area contributed by atoms with Crippen LogP contribution in [0, 0.1) is 29.6 Å². The van der Waals surface area contributed by atoms with Crippen molar-refractivity contribution < 1.29 is 28.6 Å². The summed E-state index contributed by atoms with van der Waals surface area (Å²) >= 11 is 0. The second-order valence-electron chi connectivity index (χ2n) is 19.3. The zero-order chi connectivity index (χ0) is 43.4. The Morgan fingerprint density at radius 1 is 0.483 bits per heavy atom. The zero-order valence-corrected chi connectivity index (χ0v) is 40.0. The van der Waals surface area contributed by atoms with Gasteiger partial charge in [0.2, 0.25) is 0 Å². The van der Waals surface area contributed by atoms with Crippen molar-refractivity contribution in [2.24, 2.45) is 29.6 Å². The Labute approximate surface area is 360 Å². The molecule has 0 aromatic carbocycles. The van der Waals surface area contributed by atoms with E-state index in [2.05, 4.69) is 59.9 Å². The number of hydrogen-bond acceptors (Lipinski definition) is 7. The lowest BCUT2D eigenvalue weighted by Gasteiger charge is -2.21. The lowest BCUT2D eigenvalue weighted by molar-refractivity contribution is -0.150. The quantitative estimate of drug-likeness (QED) is 0.0263. The van der Waals surface area contributed by atoms with E-state index in [9.17, 15) is 14.4 Å². The van der Waals surface area contributed by atoms with Crippen molar-refractivity contribution in [3.8, 4) is 0 Å². The van der Waals surface area contributed by atoms with E-state index < -0.39 is 0 Å². The molecule has 0 saturated heterocycles. The average molecular weight is 820 g/mol. The molecule has 0 spiro atoms. The number of esters is 3. The summed E-state index contributed by atoms with van der Waals surface area (Å²) < 4.78 is 17.1. The molecule has 0 rings (SSSR count). The fourth-order valence-electron chi connectivity index (χ4n) is 7.82. The van der Waals surface area contributed by atoms with Gasteiger partial charge in [-0.05, 0) is 141 Å². The van der Waals surface area contributed by atoms with Crippen molar-refractivity contribution in [3.63, 3.8) is 0 Å². The number of carbonyl (C=O) groups is 3. The van der Waals surface area contributed by atoms with Gasteiger partial charge in [0.1, 0.15) is 6.10 Å². The van der Waals surface area contributed by atoms with Crippen molar-refractivity contribution >= 4 is 17.9 Å². The molecule has 7 nitrogen and oxygen atoms in total. The lowest BCUT2D eigenvalue weighted by atomic mass is 9.85. The van der Waals surface area contributed by atoms with E-state index in [1.165, 1.54) is 56.9 Å². The summed E-state index contributed by atoms with van der Waals surface area (Å²) in [6, 6.07) is 0. The summed E-state index contributed by atoms with van der Waals surface area (Å²) in [7, 11) is 4.07. The van der Waals surface area contributed by atoms with Crippen LogP contribution in [0.4, 0.5) is 0 Å². The van der Waals surface area contributed by atoms with E-state index >= 15 is 0 Å². The maximum Gasteiger partial charge on any atom is 0.306 e. The van der Waals surface area contributed by atoms with Gasteiger partial charge in [0.05, 0.1) is 13.2 Å². The molecular formula is C51H97NO6. The minimum absolute atomic E-state index is 0.0203. The predicted octanol–water partition coefficient (Wildman–Crippen LogP) is 14.2. The summed E-state index contributed by atoms with van der Waals surface area (Å²) in [4.78, 5) is 39.2. The molecule has 0 aliphatic heterocycles. The highest BCUT2D eigenvalue weighted by Crippen LogP contribution is 2.26. The first-order valence-corrected chi connectivity index (χ1v) is 24.5. The molecule has 342 valence electrons. The fourth-order valence-corrected chi connectivity index (χ4v) is 7.82. The van der Waals surface area contributed by atoms with Gasteiger partial charge in [-0.25, -0.2) is 0 Å². The fraction of sp³-hybridized carbons (Fsp3) is 0.902. The van der Waals surface area contributed by atoms with Crippen LogP contribution >= 0.6 is 0 Å². The molecular weight excluding hydrogens is 723 g/mol. The standard InChI is InChI=1S/C51H97NO6/c1-42(2)35-37-46(44(5)6)28-26-40-56-49(53)32-23-19-15-11-13-17-21-30-48(58-51(55)34-25-39-52(9)10)31-22-18-14-12-16-20-24-33-50(54)57-41-27-29-47(45(7)8)38-36-43(3)4/h42-43,45-48H,5,11-41H2,1-4,6-10H3. The molecule has 3 atom stereocenters. The molecule has 3 unspecified atom stereocenters. The minimum Gasteiger partial charge on any atom is -0.466 e. The van der Waals surface area contributed by atoms with Crippen LogP contribution in [0.2, 0.25) is 0 Å². The maximum atomic E-state index is 12.6. The third kappa shape index (κ3) is 37.1. The SMILES string of the molecule is C=C(C)C(CCCOC(=O)CCCCCCCCCC(CCCCCCCCCC(=O)OCCCC(CCC(C)C)C(C)C)OC(=O)CCCN(C)C)CCC(C)C. The minimum atomic E-state index is -0.0566. The van der Waals surface area contributed by atoms with E-state index in [0.29, 0.717) is 50.2 Å².